The van der Waals surface area contributed by atoms with E-state index in [4.69, 9.17) is 14.2 Å². The van der Waals surface area contributed by atoms with Crippen molar-refractivity contribution in [3.8, 4) is 17.2 Å². The van der Waals surface area contributed by atoms with Gasteiger partial charge < -0.3 is 19.5 Å². The standard InChI is InChI=1S/C27H29N3O5/c1-4-34-25-14-20(11-12-24(25)35-18-21-8-5-7-19(2)13-21)17-28-30-27(32)16-26(31)29-22-9-6-10-23(15-22)33-3/h5-15,17H,4,16,18H2,1-3H3,(H,29,31)(H,30,32). The average molecular weight is 476 g/mol. The molecule has 35 heavy (non-hydrogen) atoms. The summed E-state index contributed by atoms with van der Waals surface area (Å²) < 4.78 is 16.8. The maximum absolute atomic E-state index is 12.1. The Kier molecular flexibility index (Phi) is 9.24. The fourth-order valence-electron chi connectivity index (χ4n) is 3.23. The number of anilines is 1. The van der Waals surface area contributed by atoms with Gasteiger partial charge in [-0.2, -0.15) is 5.10 Å². The number of amides is 2. The van der Waals surface area contributed by atoms with Crippen molar-refractivity contribution in [3.05, 3.63) is 83.4 Å². The van der Waals surface area contributed by atoms with E-state index in [9.17, 15) is 9.59 Å². The fourth-order valence-corrected chi connectivity index (χ4v) is 3.23. The van der Waals surface area contributed by atoms with E-state index >= 15 is 0 Å². The first kappa shape index (κ1) is 25.3. The first-order valence-electron chi connectivity index (χ1n) is 11.2. The summed E-state index contributed by atoms with van der Waals surface area (Å²) in [5, 5.41) is 6.59. The van der Waals surface area contributed by atoms with Crippen molar-refractivity contribution in [3.63, 3.8) is 0 Å². The van der Waals surface area contributed by atoms with Crippen molar-refractivity contribution < 1.29 is 23.8 Å². The number of nitrogens with one attached hydrogen (secondary N) is 2. The largest absolute Gasteiger partial charge is 0.497 e. The van der Waals surface area contributed by atoms with Gasteiger partial charge in [0.1, 0.15) is 18.8 Å². The summed E-state index contributed by atoms with van der Waals surface area (Å²) in [5.41, 5.74) is 5.84. The molecule has 0 aromatic heterocycles. The number of nitrogens with zero attached hydrogens (tertiary/aromatic N) is 1. The lowest BCUT2D eigenvalue weighted by Gasteiger charge is -2.13. The zero-order chi connectivity index (χ0) is 25.0. The summed E-state index contributed by atoms with van der Waals surface area (Å²) in [7, 11) is 1.54. The highest BCUT2D eigenvalue weighted by Crippen LogP contribution is 2.29. The van der Waals surface area contributed by atoms with Gasteiger partial charge >= 0.3 is 0 Å². The minimum absolute atomic E-state index is 0.371. The SMILES string of the molecule is CCOc1cc(C=NNC(=O)CC(=O)Nc2cccc(OC)c2)ccc1OCc1cccc(C)c1. The highest BCUT2D eigenvalue weighted by molar-refractivity contribution is 6.03. The summed E-state index contributed by atoms with van der Waals surface area (Å²) in [4.78, 5) is 24.2. The summed E-state index contributed by atoms with van der Waals surface area (Å²) >= 11 is 0. The molecule has 0 fully saturated rings. The molecule has 0 heterocycles. The predicted octanol–water partition coefficient (Wildman–Crippen LogP) is 4.46. The van der Waals surface area contributed by atoms with E-state index in [1.54, 1.807) is 42.5 Å². The van der Waals surface area contributed by atoms with Crippen LogP contribution in [0.5, 0.6) is 17.2 Å². The third-order valence-corrected chi connectivity index (χ3v) is 4.82. The maximum Gasteiger partial charge on any atom is 0.249 e. The lowest BCUT2D eigenvalue weighted by Crippen LogP contribution is -2.24. The molecule has 8 heteroatoms. The van der Waals surface area contributed by atoms with E-state index in [2.05, 4.69) is 21.9 Å². The van der Waals surface area contributed by atoms with Crippen LogP contribution in [-0.2, 0) is 16.2 Å². The molecule has 3 aromatic carbocycles. The second-order valence-corrected chi connectivity index (χ2v) is 7.67. The lowest BCUT2D eigenvalue weighted by molar-refractivity contribution is -0.126. The smallest absolute Gasteiger partial charge is 0.249 e. The molecular formula is C27H29N3O5. The molecule has 3 rings (SSSR count). The molecule has 0 atom stereocenters. The van der Waals surface area contributed by atoms with Crippen LogP contribution in [0.25, 0.3) is 0 Å². The van der Waals surface area contributed by atoms with Crippen LogP contribution in [0.15, 0.2) is 71.8 Å². The quantitative estimate of drug-likeness (QED) is 0.242. The van der Waals surface area contributed by atoms with Gasteiger partial charge in [0.05, 0.1) is 19.9 Å². The van der Waals surface area contributed by atoms with Crippen LogP contribution >= 0.6 is 0 Å². The number of rotatable bonds is 11. The van der Waals surface area contributed by atoms with Crippen molar-refractivity contribution in [1.29, 1.82) is 0 Å². The Balaban J connectivity index is 1.54. The molecule has 0 aliphatic rings. The van der Waals surface area contributed by atoms with E-state index in [-0.39, 0.29) is 6.42 Å². The van der Waals surface area contributed by atoms with Crippen molar-refractivity contribution in [2.45, 2.75) is 26.9 Å². The second kappa shape index (κ2) is 12.8. The monoisotopic (exact) mass is 475 g/mol. The zero-order valence-corrected chi connectivity index (χ0v) is 20.0. The number of ether oxygens (including phenoxy) is 3. The number of benzene rings is 3. The summed E-state index contributed by atoms with van der Waals surface area (Å²) in [6, 6.07) is 20.4. The highest BCUT2D eigenvalue weighted by atomic mass is 16.5. The van der Waals surface area contributed by atoms with Gasteiger partial charge in [0.25, 0.3) is 0 Å². The molecule has 0 bridgehead atoms. The van der Waals surface area contributed by atoms with E-state index in [1.807, 2.05) is 32.0 Å². The van der Waals surface area contributed by atoms with Crippen LogP contribution in [0.2, 0.25) is 0 Å². The summed E-state index contributed by atoms with van der Waals surface area (Å²) in [6.45, 7) is 4.82. The Labute approximate surface area is 204 Å². The molecule has 0 aliphatic heterocycles. The van der Waals surface area contributed by atoms with Gasteiger partial charge in [0.15, 0.2) is 11.5 Å². The van der Waals surface area contributed by atoms with Crippen LogP contribution in [-0.4, -0.2) is 31.7 Å². The second-order valence-electron chi connectivity index (χ2n) is 7.67. The molecule has 0 saturated carbocycles. The van der Waals surface area contributed by atoms with Crippen LogP contribution in [0.1, 0.15) is 30.0 Å². The van der Waals surface area contributed by atoms with Crippen molar-refractivity contribution in [2.24, 2.45) is 5.10 Å². The van der Waals surface area contributed by atoms with E-state index in [1.165, 1.54) is 18.9 Å². The first-order chi connectivity index (χ1) is 17.0. The molecular weight excluding hydrogens is 446 g/mol. The van der Waals surface area contributed by atoms with E-state index in [0.717, 1.165) is 5.56 Å². The number of methoxy groups -OCH3 is 1. The number of hydrazone groups is 1. The third kappa shape index (κ3) is 8.19. The Morgan fingerprint density at radius 1 is 0.943 bits per heavy atom. The minimum atomic E-state index is -0.537. The number of hydrogen-bond acceptors (Lipinski definition) is 6. The van der Waals surface area contributed by atoms with E-state index < -0.39 is 11.8 Å². The van der Waals surface area contributed by atoms with Crippen LogP contribution in [0.3, 0.4) is 0 Å². The molecule has 8 nitrogen and oxygen atoms in total. The van der Waals surface area contributed by atoms with Crippen LogP contribution < -0.4 is 25.0 Å². The molecule has 0 radical (unpaired) electrons. The molecule has 2 N–H and O–H groups in total. The Hall–Kier alpha value is -4.33. The van der Waals surface area contributed by atoms with Crippen molar-refractivity contribution in [2.75, 3.05) is 19.0 Å². The molecule has 0 unspecified atom stereocenters. The highest BCUT2D eigenvalue weighted by Gasteiger charge is 2.10. The number of carbonyl (C=O) groups excluding carboxylic acids is 2. The Bertz CT molecular complexity index is 1190. The Morgan fingerprint density at radius 2 is 1.77 bits per heavy atom. The van der Waals surface area contributed by atoms with Gasteiger partial charge in [-0.25, -0.2) is 5.43 Å². The summed E-state index contributed by atoms with van der Waals surface area (Å²) in [5.74, 6) is 0.802. The number of carbonyl (C=O) groups is 2. The topological polar surface area (TPSA) is 98.2 Å². The Morgan fingerprint density at radius 3 is 2.54 bits per heavy atom. The molecule has 0 saturated heterocycles. The van der Waals surface area contributed by atoms with Crippen LogP contribution in [0, 0.1) is 6.92 Å². The van der Waals surface area contributed by atoms with Crippen molar-refractivity contribution >= 4 is 23.7 Å². The molecule has 182 valence electrons. The van der Waals surface area contributed by atoms with E-state index in [0.29, 0.717) is 41.7 Å². The zero-order valence-electron chi connectivity index (χ0n) is 20.0. The molecule has 2 amide bonds. The molecule has 3 aromatic rings. The van der Waals surface area contributed by atoms with Gasteiger partial charge in [0.2, 0.25) is 11.8 Å². The normalized spacial score (nSPS) is 10.6. The lowest BCUT2D eigenvalue weighted by atomic mass is 10.1. The summed E-state index contributed by atoms with van der Waals surface area (Å²) in [6.07, 6.45) is 1.11. The van der Waals surface area contributed by atoms with Crippen LogP contribution in [0.4, 0.5) is 5.69 Å². The van der Waals surface area contributed by atoms with Gasteiger partial charge in [-0.05, 0) is 55.3 Å². The van der Waals surface area contributed by atoms with Gasteiger partial charge in [-0.3, -0.25) is 9.59 Å². The van der Waals surface area contributed by atoms with Gasteiger partial charge in [-0.1, -0.05) is 35.9 Å². The molecule has 0 spiro atoms. The van der Waals surface area contributed by atoms with Gasteiger partial charge in [-0.15, -0.1) is 0 Å². The third-order valence-electron chi connectivity index (χ3n) is 4.82. The number of hydrogen-bond donors (Lipinski definition) is 2. The number of aryl methyl sites for hydroxylation is 1. The predicted molar refractivity (Wildman–Crippen MR) is 135 cm³/mol. The first-order valence-corrected chi connectivity index (χ1v) is 11.2. The minimum Gasteiger partial charge on any atom is -0.497 e. The van der Waals surface area contributed by atoms with Crippen molar-refractivity contribution in [1.82, 2.24) is 5.43 Å². The maximum atomic E-state index is 12.1. The van der Waals surface area contributed by atoms with Gasteiger partial charge in [0, 0.05) is 11.8 Å². The molecule has 0 aliphatic carbocycles. The fraction of sp³-hybridized carbons (Fsp3) is 0.222. The average Bonchev–Trinajstić information content (AvgIpc) is 2.84.